The highest BCUT2D eigenvalue weighted by Crippen LogP contribution is 2.50. The Kier molecular flexibility index (Phi) is 5.43. The predicted octanol–water partition coefficient (Wildman–Crippen LogP) is 3.28. The Labute approximate surface area is 150 Å². The van der Waals surface area contributed by atoms with Crippen molar-refractivity contribution in [1.29, 1.82) is 0 Å². The van der Waals surface area contributed by atoms with Crippen molar-refractivity contribution >= 4 is 12.1 Å². The standard InChI is InChI=1S/C19H33NO5/c1-13-9-14(2)11-19(24,10-13)18(15(21)22)7-6-8-20(12-18)16(23)25-17(3,4)5/h13-14,24H,6-12H2,1-5H3,(H,21,22). The van der Waals surface area contributed by atoms with Gasteiger partial charge in [0.25, 0.3) is 0 Å². The van der Waals surface area contributed by atoms with Gasteiger partial charge in [0.05, 0.1) is 5.60 Å². The number of piperidine rings is 1. The largest absolute Gasteiger partial charge is 0.481 e. The van der Waals surface area contributed by atoms with Gasteiger partial charge in [0.15, 0.2) is 0 Å². The molecule has 1 amide bonds. The van der Waals surface area contributed by atoms with Crippen LogP contribution in [0.1, 0.15) is 66.7 Å². The van der Waals surface area contributed by atoms with Gasteiger partial charge >= 0.3 is 12.1 Å². The molecule has 1 saturated carbocycles. The molecule has 0 aromatic carbocycles. The molecular weight excluding hydrogens is 322 g/mol. The molecular formula is C19H33NO5. The minimum Gasteiger partial charge on any atom is -0.481 e. The maximum Gasteiger partial charge on any atom is 0.410 e. The first kappa shape index (κ1) is 20.0. The molecule has 1 heterocycles. The molecule has 2 fully saturated rings. The minimum absolute atomic E-state index is 0.00713. The normalized spacial score (nSPS) is 36.8. The van der Waals surface area contributed by atoms with E-state index in [0.717, 1.165) is 6.42 Å². The summed E-state index contributed by atoms with van der Waals surface area (Å²) in [6.07, 6.45) is 2.36. The van der Waals surface area contributed by atoms with Gasteiger partial charge in [0.1, 0.15) is 11.0 Å². The third-order valence-corrected chi connectivity index (χ3v) is 5.62. The van der Waals surface area contributed by atoms with Crippen LogP contribution in [0.25, 0.3) is 0 Å². The van der Waals surface area contributed by atoms with Crippen molar-refractivity contribution in [1.82, 2.24) is 4.90 Å². The van der Waals surface area contributed by atoms with Crippen molar-refractivity contribution in [2.75, 3.05) is 13.1 Å². The zero-order valence-corrected chi connectivity index (χ0v) is 16.2. The summed E-state index contributed by atoms with van der Waals surface area (Å²) in [5.74, 6) is -0.478. The quantitative estimate of drug-likeness (QED) is 0.794. The summed E-state index contributed by atoms with van der Waals surface area (Å²) in [6, 6.07) is 0. The number of carbonyl (C=O) groups excluding carboxylic acids is 1. The van der Waals surface area contributed by atoms with Gasteiger partial charge in [-0.3, -0.25) is 4.79 Å². The average Bonchev–Trinajstić information content (AvgIpc) is 2.43. The highest BCUT2D eigenvalue weighted by molar-refractivity contribution is 5.78. The van der Waals surface area contributed by atoms with Crippen molar-refractivity contribution < 1.29 is 24.5 Å². The van der Waals surface area contributed by atoms with E-state index >= 15 is 0 Å². The lowest BCUT2D eigenvalue weighted by atomic mass is 9.58. The number of aliphatic carboxylic acids is 1. The van der Waals surface area contributed by atoms with Crippen LogP contribution in [0, 0.1) is 17.3 Å². The molecule has 0 aromatic rings. The number of likely N-dealkylation sites (tertiary alicyclic amines) is 1. The Morgan fingerprint density at radius 3 is 2.20 bits per heavy atom. The lowest BCUT2D eigenvalue weighted by Gasteiger charge is -2.53. The summed E-state index contributed by atoms with van der Waals surface area (Å²) in [5, 5.41) is 21.5. The summed E-state index contributed by atoms with van der Waals surface area (Å²) in [5.41, 5.74) is -3.26. The first-order valence-corrected chi connectivity index (χ1v) is 9.32. The molecule has 6 nitrogen and oxygen atoms in total. The fourth-order valence-corrected chi connectivity index (χ4v) is 4.77. The number of aliphatic hydroxyl groups is 1. The zero-order chi connectivity index (χ0) is 19.0. The van der Waals surface area contributed by atoms with Crippen LogP contribution < -0.4 is 0 Å². The SMILES string of the molecule is CC1CC(C)CC(O)(C2(C(=O)O)CCCN(C(=O)OC(C)(C)C)C2)C1. The van der Waals surface area contributed by atoms with Crippen molar-refractivity contribution in [2.24, 2.45) is 17.3 Å². The van der Waals surface area contributed by atoms with Gasteiger partial charge in [-0.05, 0) is 64.7 Å². The first-order valence-electron chi connectivity index (χ1n) is 9.32. The van der Waals surface area contributed by atoms with Crippen molar-refractivity contribution in [3.63, 3.8) is 0 Å². The van der Waals surface area contributed by atoms with Crippen LogP contribution in [0.3, 0.4) is 0 Å². The number of hydrogen-bond donors (Lipinski definition) is 2. The second-order valence-electron chi connectivity index (χ2n) is 9.28. The predicted molar refractivity (Wildman–Crippen MR) is 94.2 cm³/mol. The highest BCUT2D eigenvalue weighted by atomic mass is 16.6. The first-order chi connectivity index (χ1) is 11.4. The Bertz CT molecular complexity index is 516. The molecule has 2 rings (SSSR count). The molecule has 1 aliphatic carbocycles. The van der Waals surface area contributed by atoms with E-state index in [0.29, 0.717) is 32.2 Å². The molecule has 3 unspecified atom stereocenters. The van der Waals surface area contributed by atoms with E-state index in [-0.39, 0.29) is 18.4 Å². The highest BCUT2D eigenvalue weighted by Gasteiger charge is 2.60. The molecule has 6 heteroatoms. The van der Waals surface area contributed by atoms with E-state index in [1.54, 1.807) is 20.8 Å². The number of carboxylic acid groups (broad SMARTS) is 1. The second kappa shape index (κ2) is 6.78. The molecule has 0 radical (unpaired) electrons. The molecule has 1 aliphatic heterocycles. The third-order valence-electron chi connectivity index (χ3n) is 5.62. The average molecular weight is 355 g/mol. The number of ether oxygens (including phenoxy) is 1. The minimum atomic E-state index is -1.33. The van der Waals surface area contributed by atoms with Crippen molar-refractivity contribution in [2.45, 2.75) is 77.9 Å². The lowest BCUT2D eigenvalue weighted by molar-refractivity contribution is -0.190. The number of rotatable bonds is 2. The second-order valence-corrected chi connectivity index (χ2v) is 9.28. The van der Waals surface area contributed by atoms with E-state index in [1.165, 1.54) is 4.90 Å². The van der Waals surface area contributed by atoms with E-state index in [4.69, 9.17) is 4.74 Å². The summed E-state index contributed by atoms with van der Waals surface area (Å²) in [6.45, 7) is 9.96. The van der Waals surface area contributed by atoms with Crippen LogP contribution in [-0.2, 0) is 9.53 Å². The number of hydrogen-bond acceptors (Lipinski definition) is 4. The monoisotopic (exact) mass is 355 g/mol. The fourth-order valence-electron chi connectivity index (χ4n) is 4.77. The third kappa shape index (κ3) is 4.10. The van der Waals surface area contributed by atoms with E-state index in [2.05, 4.69) is 13.8 Å². The molecule has 25 heavy (non-hydrogen) atoms. The molecule has 3 atom stereocenters. The molecule has 0 spiro atoms. The van der Waals surface area contributed by atoms with Crippen LogP contribution in [0.4, 0.5) is 4.79 Å². The van der Waals surface area contributed by atoms with Gasteiger partial charge in [-0.1, -0.05) is 13.8 Å². The Balaban J connectivity index is 2.30. The van der Waals surface area contributed by atoms with Crippen LogP contribution in [0.5, 0.6) is 0 Å². The Hall–Kier alpha value is -1.30. The van der Waals surface area contributed by atoms with Gasteiger partial charge in [0.2, 0.25) is 0 Å². The summed E-state index contributed by atoms with van der Waals surface area (Å²) >= 11 is 0. The number of nitrogens with zero attached hydrogens (tertiary/aromatic N) is 1. The summed E-state index contributed by atoms with van der Waals surface area (Å²) < 4.78 is 5.43. The van der Waals surface area contributed by atoms with Gasteiger partial charge in [-0.2, -0.15) is 0 Å². The van der Waals surface area contributed by atoms with Crippen LogP contribution in [0.15, 0.2) is 0 Å². The van der Waals surface area contributed by atoms with E-state index in [9.17, 15) is 19.8 Å². The smallest absolute Gasteiger partial charge is 0.410 e. The molecule has 2 N–H and O–H groups in total. The van der Waals surface area contributed by atoms with Gasteiger partial charge in [0, 0.05) is 13.1 Å². The van der Waals surface area contributed by atoms with Crippen LogP contribution >= 0.6 is 0 Å². The van der Waals surface area contributed by atoms with Crippen LogP contribution in [-0.4, -0.2) is 51.5 Å². The Morgan fingerprint density at radius 2 is 1.72 bits per heavy atom. The topological polar surface area (TPSA) is 87.1 Å². The molecule has 0 aromatic heterocycles. The summed E-state index contributed by atoms with van der Waals surface area (Å²) in [7, 11) is 0. The zero-order valence-electron chi connectivity index (χ0n) is 16.2. The lowest BCUT2D eigenvalue weighted by Crippen LogP contribution is -2.64. The fraction of sp³-hybridized carbons (Fsp3) is 0.895. The number of carboxylic acids is 1. The maximum atomic E-state index is 12.5. The molecule has 2 aliphatic rings. The van der Waals surface area contributed by atoms with Gasteiger partial charge in [-0.25, -0.2) is 4.79 Å². The van der Waals surface area contributed by atoms with E-state index in [1.807, 2.05) is 0 Å². The Morgan fingerprint density at radius 1 is 1.16 bits per heavy atom. The van der Waals surface area contributed by atoms with Crippen molar-refractivity contribution in [3.05, 3.63) is 0 Å². The summed E-state index contributed by atoms with van der Waals surface area (Å²) in [4.78, 5) is 26.2. The number of amides is 1. The maximum absolute atomic E-state index is 12.5. The van der Waals surface area contributed by atoms with Crippen molar-refractivity contribution in [3.8, 4) is 0 Å². The van der Waals surface area contributed by atoms with E-state index < -0.39 is 28.7 Å². The van der Waals surface area contributed by atoms with Gasteiger partial charge < -0.3 is 19.8 Å². The number of carbonyl (C=O) groups is 2. The molecule has 0 bridgehead atoms. The molecule has 144 valence electrons. The van der Waals surface area contributed by atoms with Crippen LogP contribution in [0.2, 0.25) is 0 Å². The molecule has 1 saturated heterocycles. The van der Waals surface area contributed by atoms with Gasteiger partial charge in [-0.15, -0.1) is 0 Å².